The average Bonchev–Trinajstić information content (AvgIpc) is 2.89. The number of hydrogen-bond donors (Lipinski definition) is 1. The quantitative estimate of drug-likeness (QED) is 0.727. The third-order valence-electron chi connectivity index (χ3n) is 2.59. The normalized spacial score (nSPS) is 10.4. The summed E-state index contributed by atoms with van der Waals surface area (Å²) >= 11 is 0. The second kappa shape index (κ2) is 4.25. The molecule has 0 aliphatic heterocycles. The molecule has 18 heavy (non-hydrogen) atoms. The van der Waals surface area contributed by atoms with Crippen molar-refractivity contribution in [3.8, 4) is 16.9 Å². The van der Waals surface area contributed by atoms with Crippen molar-refractivity contribution in [3.05, 3.63) is 49.7 Å². The Morgan fingerprint density at radius 1 is 0.944 bits per heavy atom. The van der Waals surface area contributed by atoms with Crippen LogP contribution in [0.15, 0.2) is 49.7 Å². The molecule has 0 unspecified atom stereocenters. The standard InChI is InChI=1S/C12H10N6/c13-11-1-2-14-5-10(11)12-6-17-8-18(12)9-3-15-7-16-4-9/h1-8H,(H2,13,14). The van der Waals surface area contributed by atoms with Crippen molar-refractivity contribution in [1.82, 2.24) is 24.5 Å². The second-order valence-electron chi connectivity index (χ2n) is 3.71. The summed E-state index contributed by atoms with van der Waals surface area (Å²) in [5.41, 5.74) is 9.12. The van der Waals surface area contributed by atoms with Crippen molar-refractivity contribution in [3.63, 3.8) is 0 Å². The Bertz CT molecular complexity index is 661. The van der Waals surface area contributed by atoms with Crippen LogP contribution in [0.5, 0.6) is 0 Å². The lowest BCUT2D eigenvalue weighted by Gasteiger charge is -2.08. The van der Waals surface area contributed by atoms with Gasteiger partial charge in [0.1, 0.15) is 6.33 Å². The predicted molar refractivity (Wildman–Crippen MR) is 66.8 cm³/mol. The van der Waals surface area contributed by atoms with Crippen molar-refractivity contribution in [2.75, 3.05) is 5.73 Å². The van der Waals surface area contributed by atoms with Crippen LogP contribution in [0.2, 0.25) is 0 Å². The summed E-state index contributed by atoms with van der Waals surface area (Å²) in [5, 5.41) is 0. The molecule has 6 heteroatoms. The average molecular weight is 238 g/mol. The van der Waals surface area contributed by atoms with Gasteiger partial charge in [0.2, 0.25) is 0 Å². The first kappa shape index (κ1) is 10.4. The molecule has 0 saturated carbocycles. The van der Waals surface area contributed by atoms with Crippen LogP contribution in [0.1, 0.15) is 0 Å². The van der Waals surface area contributed by atoms with Crippen LogP contribution in [0.3, 0.4) is 0 Å². The highest BCUT2D eigenvalue weighted by Crippen LogP contribution is 2.26. The maximum Gasteiger partial charge on any atom is 0.115 e. The minimum Gasteiger partial charge on any atom is -0.398 e. The van der Waals surface area contributed by atoms with E-state index in [2.05, 4.69) is 19.9 Å². The van der Waals surface area contributed by atoms with Crippen LogP contribution in [-0.2, 0) is 0 Å². The van der Waals surface area contributed by atoms with Crippen molar-refractivity contribution < 1.29 is 0 Å². The molecule has 0 saturated heterocycles. The van der Waals surface area contributed by atoms with Gasteiger partial charge in [-0.05, 0) is 6.07 Å². The van der Waals surface area contributed by atoms with Gasteiger partial charge in [0, 0.05) is 23.6 Å². The molecule has 0 amide bonds. The molecule has 0 fully saturated rings. The Morgan fingerprint density at radius 3 is 2.56 bits per heavy atom. The molecule has 3 aromatic rings. The van der Waals surface area contributed by atoms with E-state index >= 15 is 0 Å². The van der Waals surface area contributed by atoms with E-state index in [1.807, 2.05) is 4.57 Å². The molecule has 3 rings (SSSR count). The summed E-state index contributed by atoms with van der Waals surface area (Å²) in [4.78, 5) is 16.2. The van der Waals surface area contributed by atoms with E-state index in [9.17, 15) is 0 Å². The number of nitrogen functional groups attached to an aromatic ring is 1. The number of hydrogen-bond acceptors (Lipinski definition) is 5. The number of nitrogens with two attached hydrogens (primary N) is 1. The molecular formula is C12H10N6. The SMILES string of the molecule is Nc1ccncc1-c1cncn1-c1cncnc1. The maximum absolute atomic E-state index is 5.95. The van der Waals surface area contributed by atoms with E-state index in [1.54, 1.807) is 43.4 Å². The lowest BCUT2D eigenvalue weighted by Crippen LogP contribution is -1.99. The van der Waals surface area contributed by atoms with Gasteiger partial charge in [-0.1, -0.05) is 0 Å². The van der Waals surface area contributed by atoms with Gasteiger partial charge in [-0.15, -0.1) is 0 Å². The summed E-state index contributed by atoms with van der Waals surface area (Å²) in [6.45, 7) is 0. The van der Waals surface area contributed by atoms with Gasteiger partial charge in [-0.25, -0.2) is 15.0 Å². The van der Waals surface area contributed by atoms with Crippen LogP contribution in [0, 0.1) is 0 Å². The fourth-order valence-corrected chi connectivity index (χ4v) is 1.73. The van der Waals surface area contributed by atoms with Gasteiger partial charge in [0.05, 0.1) is 36.3 Å². The minimum atomic E-state index is 0.656. The van der Waals surface area contributed by atoms with Gasteiger partial charge in [-0.2, -0.15) is 0 Å². The topological polar surface area (TPSA) is 82.5 Å². The van der Waals surface area contributed by atoms with E-state index < -0.39 is 0 Å². The Morgan fingerprint density at radius 2 is 1.78 bits per heavy atom. The molecule has 88 valence electrons. The Labute approximate surface area is 103 Å². The third-order valence-corrected chi connectivity index (χ3v) is 2.59. The van der Waals surface area contributed by atoms with Crippen LogP contribution in [0.25, 0.3) is 16.9 Å². The zero-order chi connectivity index (χ0) is 12.4. The van der Waals surface area contributed by atoms with Gasteiger partial charge in [0.15, 0.2) is 0 Å². The highest BCUT2D eigenvalue weighted by atomic mass is 15.1. The Kier molecular flexibility index (Phi) is 2.45. The van der Waals surface area contributed by atoms with Crippen LogP contribution in [0.4, 0.5) is 5.69 Å². The summed E-state index contributed by atoms with van der Waals surface area (Å²) in [6.07, 6.45) is 11.7. The number of aromatic nitrogens is 5. The molecule has 0 atom stereocenters. The fraction of sp³-hybridized carbons (Fsp3) is 0. The van der Waals surface area contributed by atoms with E-state index in [0.29, 0.717) is 5.69 Å². The smallest absolute Gasteiger partial charge is 0.115 e. The van der Waals surface area contributed by atoms with Crippen LogP contribution < -0.4 is 5.73 Å². The predicted octanol–water partition coefficient (Wildman–Crippen LogP) is 1.31. The van der Waals surface area contributed by atoms with Gasteiger partial charge in [0.25, 0.3) is 0 Å². The first-order valence-electron chi connectivity index (χ1n) is 5.34. The van der Waals surface area contributed by atoms with Crippen molar-refractivity contribution in [2.24, 2.45) is 0 Å². The van der Waals surface area contributed by atoms with Crippen molar-refractivity contribution in [2.45, 2.75) is 0 Å². The minimum absolute atomic E-state index is 0.656. The summed E-state index contributed by atoms with van der Waals surface area (Å²) in [6, 6.07) is 1.76. The molecule has 3 aromatic heterocycles. The highest BCUT2D eigenvalue weighted by molar-refractivity contribution is 5.73. The zero-order valence-electron chi connectivity index (χ0n) is 9.43. The maximum atomic E-state index is 5.95. The monoisotopic (exact) mass is 238 g/mol. The summed E-state index contributed by atoms with van der Waals surface area (Å²) in [7, 11) is 0. The molecule has 6 nitrogen and oxygen atoms in total. The molecule has 3 heterocycles. The molecule has 0 aliphatic carbocycles. The van der Waals surface area contributed by atoms with E-state index in [4.69, 9.17) is 5.73 Å². The summed E-state index contributed by atoms with van der Waals surface area (Å²) < 4.78 is 1.87. The van der Waals surface area contributed by atoms with Gasteiger partial charge < -0.3 is 5.73 Å². The van der Waals surface area contributed by atoms with Gasteiger partial charge >= 0.3 is 0 Å². The van der Waals surface area contributed by atoms with E-state index in [1.165, 1.54) is 6.33 Å². The zero-order valence-corrected chi connectivity index (χ0v) is 9.43. The molecule has 0 radical (unpaired) electrons. The van der Waals surface area contributed by atoms with E-state index in [-0.39, 0.29) is 0 Å². The largest absolute Gasteiger partial charge is 0.398 e. The van der Waals surface area contributed by atoms with E-state index in [0.717, 1.165) is 16.9 Å². The number of pyridine rings is 1. The lowest BCUT2D eigenvalue weighted by molar-refractivity contribution is 1.01. The molecule has 0 spiro atoms. The van der Waals surface area contributed by atoms with Crippen LogP contribution >= 0.6 is 0 Å². The molecule has 0 aromatic carbocycles. The lowest BCUT2D eigenvalue weighted by atomic mass is 10.2. The highest BCUT2D eigenvalue weighted by Gasteiger charge is 2.09. The first-order valence-corrected chi connectivity index (χ1v) is 5.34. The summed E-state index contributed by atoms with van der Waals surface area (Å²) in [5.74, 6) is 0. The Balaban J connectivity index is 2.16. The first-order chi connectivity index (χ1) is 8.86. The molecular weight excluding hydrogens is 228 g/mol. The number of imidazole rings is 1. The fourth-order valence-electron chi connectivity index (χ4n) is 1.73. The number of nitrogens with zero attached hydrogens (tertiary/aromatic N) is 5. The van der Waals surface area contributed by atoms with Crippen LogP contribution in [-0.4, -0.2) is 24.5 Å². The van der Waals surface area contributed by atoms with Gasteiger partial charge in [-0.3, -0.25) is 9.55 Å². The molecule has 0 bridgehead atoms. The Hall–Kier alpha value is -2.76. The molecule has 0 aliphatic rings. The number of anilines is 1. The third kappa shape index (κ3) is 1.69. The second-order valence-corrected chi connectivity index (χ2v) is 3.71. The van der Waals surface area contributed by atoms with Crippen molar-refractivity contribution in [1.29, 1.82) is 0 Å². The number of rotatable bonds is 2. The van der Waals surface area contributed by atoms with Crippen molar-refractivity contribution >= 4 is 5.69 Å². The molecule has 2 N–H and O–H groups in total.